The molecule has 170 valence electrons. The Bertz CT molecular complexity index is 1170. The first-order valence-corrected chi connectivity index (χ1v) is 12.0. The Balaban J connectivity index is 1.19. The van der Waals surface area contributed by atoms with Crippen LogP contribution in [0, 0.1) is 0 Å². The summed E-state index contributed by atoms with van der Waals surface area (Å²) in [5.41, 5.74) is 3.54. The van der Waals surface area contributed by atoms with Crippen LogP contribution in [-0.2, 0) is 12.6 Å². The molecule has 7 heteroatoms. The van der Waals surface area contributed by atoms with E-state index in [2.05, 4.69) is 21.0 Å². The zero-order chi connectivity index (χ0) is 22.4. The van der Waals surface area contributed by atoms with Crippen LogP contribution in [0.1, 0.15) is 48.0 Å². The molecule has 0 unspecified atom stereocenters. The van der Waals surface area contributed by atoms with Crippen molar-refractivity contribution in [3.63, 3.8) is 0 Å². The number of anilines is 1. The van der Waals surface area contributed by atoms with Crippen molar-refractivity contribution in [3.05, 3.63) is 59.9 Å². The Morgan fingerprint density at radius 2 is 1.76 bits per heavy atom. The number of piperidine rings is 2. The van der Waals surface area contributed by atoms with E-state index in [0.29, 0.717) is 18.7 Å². The highest BCUT2D eigenvalue weighted by molar-refractivity contribution is 5.94. The second kappa shape index (κ2) is 7.90. The molecule has 1 spiro atoms. The number of hydrogen-bond donors (Lipinski definition) is 0. The third-order valence-corrected chi connectivity index (χ3v) is 7.41. The number of fused-ring (bicyclic) bond motifs is 4. The van der Waals surface area contributed by atoms with Gasteiger partial charge < -0.3 is 14.5 Å². The first-order valence-electron chi connectivity index (χ1n) is 12.0. The normalized spacial score (nSPS) is 19.1. The summed E-state index contributed by atoms with van der Waals surface area (Å²) in [7, 11) is 1.98. The summed E-state index contributed by atoms with van der Waals surface area (Å²) < 4.78 is 8.54. The van der Waals surface area contributed by atoms with Gasteiger partial charge in [0.05, 0.1) is 17.5 Å². The summed E-state index contributed by atoms with van der Waals surface area (Å²) in [4.78, 5) is 22.1. The number of likely N-dealkylation sites (tertiary alicyclic amines) is 1. The third kappa shape index (κ3) is 3.37. The van der Waals surface area contributed by atoms with Crippen molar-refractivity contribution >= 4 is 11.7 Å². The van der Waals surface area contributed by atoms with Crippen LogP contribution in [0.4, 0.5) is 5.82 Å². The summed E-state index contributed by atoms with van der Waals surface area (Å²) in [6.07, 6.45) is 8.87. The number of hydrogen-bond acceptors (Lipinski definition) is 5. The number of nitrogens with zero attached hydrogens (tertiary/aromatic N) is 5. The van der Waals surface area contributed by atoms with Crippen LogP contribution >= 0.6 is 0 Å². The molecule has 1 aromatic carbocycles. The SMILES string of the molecule is Cn1ncc2c1-c1ccccc1OC21CCN(C(=O)c2ccc(N3CCCCC3)nc2)CC1. The van der Waals surface area contributed by atoms with Gasteiger partial charge in [-0.3, -0.25) is 9.48 Å². The smallest absolute Gasteiger partial charge is 0.255 e. The lowest BCUT2D eigenvalue weighted by Crippen LogP contribution is -2.49. The highest BCUT2D eigenvalue weighted by Crippen LogP contribution is 2.49. The number of aromatic nitrogens is 3. The molecule has 3 aromatic rings. The molecule has 0 saturated carbocycles. The summed E-state index contributed by atoms with van der Waals surface area (Å²) in [6.45, 7) is 3.38. The molecule has 3 aliphatic heterocycles. The number of aryl methyl sites for hydroxylation is 1. The van der Waals surface area contributed by atoms with E-state index in [1.54, 1.807) is 6.20 Å². The van der Waals surface area contributed by atoms with Crippen LogP contribution in [0.15, 0.2) is 48.8 Å². The lowest BCUT2D eigenvalue weighted by atomic mass is 9.81. The molecular formula is C26H29N5O2. The predicted molar refractivity (Wildman–Crippen MR) is 126 cm³/mol. The molecule has 0 bridgehead atoms. The van der Waals surface area contributed by atoms with Crippen molar-refractivity contribution in [2.24, 2.45) is 7.05 Å². The van der Waals surface area contributed by atoms with Gasteiger partial charge in [0.15, 0.2) is 0 Å². The quantitative estimate of drug-likeness (QED) is 0.599. The number of carbonyl (C=O) groups is 1. The number of benzene rings is 1. The minimum Gasteiger partial charge on any atom is -0.482 e. The van der Waals surface area contributed by atoms with Gasteiger partial charge in [-0.1, -0.05) is 12.1 Å². The highest BCUT2D eigenvalue weighted by atomic mass is 16.5. The van der Waals surface area contributed by atoms with E-state index in [9.17, 15) is 4.79 Å². The van der Waals surface area contributed by atoms with Gasteiger partial charge in [0.2, 0.25) is 0 Å². The van der Waals surface area contributed by atoms with E-state index in [0.717, 1.165) is 54.3 Å². The molecule has 2 aromatic heterocycles. The minimum absolute atomic E-state index is 0.0464. The molecular weight excluding hydrogens is 414 g/mol. The second-order valence-corrected chi connectivity index (χ2v) is 9.37. The average molecular weight is 444 g/mol. The number of rotatable bonds is 2. The molecule has 0 aliphatic carbocycles. The molecule has 0 radical (unpaired) electrons. The fraction of sp³-hybridized carbons (Fsp3) is 0.423. The number of para-hydroxylation sites is 1. The molecule has 6 rings (SSSR count). The Morgan fingerprint density at radius 1 is 0.970 bits per heavy atom. The van der Waals surface area contributed by atoms with Gasteiger partial charge in [-0.2, -0.15) is 5.10 Å². The summed E-state index contributed by atoms with van der Waals surface area (Å²) in [5.74, 6) is 1.92. The fourth-order valence-electron chi connectivity index (χ4n) is 5.55. The number of ether oxygens (including phenoxy) is 1. The second-order valence-electron chi connectivity index (χ2n) is 9.37. The Kier molecular flexibility index (Phi) is 4.85. The van der Waals surface area contributed by atoms with Gasteiger partial charge in [0.25, 0.3) is 5.91 Å². The van der Waals surface area contributed by atoms with Crippen LogP contribution < -0.4 is 9.64 Å². The van der Waals surface area contributed by atoms with E-state index in [1.165, 1.54) is 19.3 Å². The van der Waals surface area contributed by atoms with Gasteiger partial charge >= 0.3 is 0 Å². The van der Waals surface area contributed by atoms with Gasteiger partial charge in [-0.25, -0.2) is 4.98 Å². The fourth-order valence-corrected chi connectivity index (χ4v) is 5.55. The van der Waals surface area contributed by atoms with Crippen LogP contribution in [0.5, 0.6) is 5.75 Å². The molecule has 0 atom stereocenters. The number of pyridine rings is 1. The topological polar surface area (TPSA) is 63.5 Å². The molecule has 0 N–H and O–H groups in total. The maximum Gasteiger partial charge on any atom is 0.255 e. The molecule has 33 heavy (non-hydrogen) atoms. The minimum atomic E-state index is -0.439. The van der Waals surface area contributed by atoms with Crippen molar-refractivity contribution in [2.45, 2.75) is 37.7 Å². The molecule has 2 fully saturated rings. The average Bonchev–Trinajstić information content (AvgIpc) is 3.28. The Hall–Kier alpha value is -3.35. The van der Waals surface area contributed by atoms with Crippen molar-refractivity contribution in [1.29, 1.82) is 0 Å². The van der Waals surface area contributed by atoms with Gasteiger partial charge in [-0.05, 0) is 43.5 Å². The van der Waals surface area contributed by atoms with E-state index < -0.39 is 5.60 Å². The first kappa shape index (κ1) is 20.3. The van der Waals surface area contributed by atoms with Crippen LogP contribution in [-0.4, -0.2) is 51.8 Å². The van der Waals surface area contributed by atoms with E-state index in [-0.39, 0.29) is 5.91 Å². The zero-order valence-electron chi connectivity index (χ0n) is 19.0. The predicted octanol–water partition coefficient (Wildman–Crippen LogP) is 4.00. The largest absolute Gasteiger partial charge is 0.482 e. The summed E-state index contributed by atoms with van der Waals surface area (Å²) in [5, 5.41) is 4.54. The van der Waals surface area contributed by atoms with Gasteiger partial charge in [0.1, 0.15) is 17.2 Å². The summed E-state index contributed by atoms with van der Waals surface area (Å²) in [6, 6.07) is 12.1. The van der Waals surface area contributed by atoms with Crippen molar-refractivity contribution in [3.8, 4) is 17.0 Å². The lowest BCUT2D eigenvalue weighted by Gasteiger charge is -2.44. The van der Waals surface area contributed by atoms with Gasteiger partial charge in [-0.15, -0.1) is 0 Å². The molecule has 2 saturated heterocycles. The Morgan fingerprint density at radius 3 is 2.52 bits per heavy atom. The van der Waals surface area contributed by atoms with Crippen molar-refractivity contribution < 1.29 is 9.53 Å². The molecule has 1 amide bonds. The Labute approximate surface area is 194 Å². The summed E-state index contributed by atoms with van der Waals surface area (Å²) >= 11 is 0. The monoisotopic (exact) mass is 443 g/mol. The first-order chi connectivity index (χ1) is 16.1. The van der Waals surface area contributed by atoms with Gasteiger partial charge in [0, 0.05) is 63.4 Å². The maximum atomic E-state index is 13.2. The third-order valence-electron chi connectivity index (χ3n) is 7.41. The van der Waals surface area contributed by atoms with Crippen LogP contribution in [0.2, 0.25) is 0 Å². The maximum absolute atomic E-state index is 13.2. The van der Waals surface area contributed by atoms with Crippen LogP contribution in [0.25, 0.3) is 11.3 Å². The van der Waals surface area contributed by atoms with Crippen molar-refractivity contribution in [1.82, 2.24) is 19.7 Å². The molecule has 7 nitrogen and oxygen atoms in total. The van der Waals surface area contributed by atoms with E-state index in [4.69, 9.17) is 4.74 Å². The standard InChI is InChI=1S/C26H29N5O2/c1-29-24-20-7-3-4-8-22(20)33-26(21(24)18-28-29)11-15-31(16-12-26)25(32)19-9-10-23(27-17-19)30-13-5-2-6-14-30/h3-4,7-10,17-18H,2,5-6,11-16H2,1H3. The van der Waals surface area contributed by atoms with Crippen LogP contribution in [0.3, 0.4) is 0 Å². The molecule has 5 heterocycles. The zero-order valence-corrected chi connectivity index (χ0v) is 19.0. The number of amides is 1. The van der Waals surface area contributed by atoms with Crippen molar-refractivity contribution in [2.75, 3.05) is 31.1 Å². The van der Waals surface area contributed by atoms with E-state index in [1.807, 2.05) is 53.2 Å². The number of carbonyl (C=O) groups excluding carboxylic acids is 1. The lowest BCUT2D eigenvalue weighted by molar-refractivity contribution is -0.00173. The van der Waals surface area contributed by atoms with E-state index >= 15 is 0 Å². The molecule has 3 aliphatic rings. The highest BCUT2D eigenvalue weighted by Gasteiger charge is 2.45.